The van der Waals surface area contributed by atoms with Crippen LogP contribution in [0.4, 0.5) is 0 Å². The first kappa shape index (κ1) is 15.9. The number of piperazine rings is 1. The molecular weight excluding hydrogens is 308 g/mol. The van der Waals surface area contributed by atoms with Gasteiger partial charge in [-0.25, -0.2) is 0 Å². The molecule has 0 aromatic carbocycles. The van der Waals surface area contributed by atoms with Crippen molar-refractivity contribution < 1.29 is 14.3 Å². The van der Waals surface area contributed by atoms with Crippen LogP contribution in [0.25, 0.3) is 0 Å². The fraction of sp³-hybridized carbons (Fsp3) is 0.824. The van der Waals surface area contributed by atoms with Gasteiger partial charge >= 0.3 is 0 Å². The Morgan fingerprint density at radius 1 is 1.25 bits per heavy atom. The van der Waals surface area contributed by atoms with Gasteiger partial charge in [0.1, 0.15) is 12.1 Å². The first-order chi connectivity index (χ1) is 11.6. The summed E-state index contributed by atoms with van der Waals surface area (Å²) >= 11 is 0. The normalized spacial score (nSPS) is 35.0. The molecule has 1 saturated carbocycles. The van der Waals surface area contributed by atoms with Crippen LogP contribution in [0.2, 0.25) is 0 Å². The smallest absolute Gasteiger partial charge is 0.244 e. The molecule has 0 aromatic rings. The Labute approximate surface area is 142 Å². The van der Waals surface area contributed by atoms with Crippen LogP contribution in [0.15, 0.2) is 0 Å². The molecule has 0 N–H and O–H groups in total. The lowest BCUT2D eigenvalue weighted by Crippen LogP contribution is -2.68. The minimum absolute atomic E-state index is 0.0570. The van der Waals surface area contributed by atoms with Crippen molar-refractivity contribution in [3.05, 3.63) is 0 Å². The van der Waals surface area contributed by atoms with Gasteiger partial charge in [0.15, 0.2) is 0 Å². The van der Waals surface area contributed by atoms with Crippen LogP contribution in [-0.2, 0) is 14.3 Å². The summed E-state index contributed by atoms with van der Waals surface area (Å²) in [5, 5.41) is 8.93. The van der Waals surface area contributed by atoms with Gasteiger partial charge in [0.2, 0.25) is 11.8 Å². The monoisotopic (exact) mass is 332 g/mol. The van der Waals surface area contributed by atoms with Gasteiger partial charge in [-0.05, 0) is 31.7 Å². The maximum atomic E-state index is 12.9. The summed E-state index contributed by atoms with van der Waals surface area (Å²) in [4.78, 5) is 31.3. The van der Waals surface area contributed by atoms with Crippen LogP contribution < -0.4 is 0 Å². The van der Waals surface area contributed by atoms with E-state index in [4.69, 9.17) is 10.00 Å². The molecule has 0 aromatic heterocycles. The molecule has 1 unspecified atom stereocenters. The maximum Gasteiger partial charge on any atom is 0.244 e. The number of hydrogen-bond donors (Lipinski definition) is 0. The average molecular weight is 332 g/mol. The van der Waals surface area contributed by atoms with E-state index >= 15 is 0 Å². The molecule has 130 valence electrons. The van der Waals surface area contributed by atoms with E-state index in [1.807, 2.05) is 11.9 Å². The SMILES string of the molecule is CN1CCN(CC#N)C(=O)C12CCN(C(=O)C1[C@H]3COC[C@@H]13)CC2. The Bertz CT molecular complexity index is 583. The van der Waals surface area contributed by atoms with Gasteiger partial charge in [0.05, 0.1) is 19.3 Å². The number of rotatable bonds is 2. The van der Waals surface area contributed by atoms with Gasteiger partial charge < -0.3 is 14.5 Å². The molecule has 3 atom stereocenters. The molecular formula is C17H24N4O3. The number of hydrogen-bond acceptors (Lipinski definition) is 5. The van der Waals surface area contributed by atoms with Gasteiger partial charge in [-0.3, -0.25) is 14.5 Å². The zero-order valence-corrected chi connectivity index (χ0v) is 14.1. The lowest BCUT2D eigenvalue weighted by molar-refractivity contribution is -0.156. The average Bonchev–Trinajstić information content (AvgIpc) is 3.07. The summed E-state index contributed by atoms with van der Waals surface area (Å²) in [5.74, 6) is 1.32. The molecule has 3 heterocycles. The minimum atomic E-state index is -0.533. The van der Waals surface area contributed by atoms with Gasteiger partial charge in [0.25, 0.3) is 0 Å². The molecule has 3 saturated heterocycles. The maximum absolute atomic E-state index is 12.9. The Kier molecular flexibility index (Phi) is 3.77. The lowest BCUT2D eigenvalue weighted by atomic mass is 9.82. The van der Waals surface area contributed by atoms with Crippen molar-refractivity contribution in [1.29, 1.82) is 5.26 Å². The van der Waals surface area contributed by atoms with E-state index in [-0.39, 0.29) is 24.3 Å². The molecule has 3 aliphatic heterocycles. The quantitative estimate of drug-likeness (QED) is 0.640. The van der Waals surface area contributed by atoms with Gasteiger partial charge in [0, 0.05) is 32.1 Å². The van der Waals surface area contributed by atoms with Gasteiger partial charge in [-0.15, -0.1) is 0 Å². The Hall–Kier alpha value is -1.65. The third-order valence-electron chi connectivity index (χ3n) is 6.52. The molecule has 24 heavy (non-hydrogen) atoms. The number of ether oxygens (including phenoxy) is 1. The summed E-state index contributed by atoms with van der Waals surface area (Å²) < 4.78 is 5.37. The Morgan fingerprint density at radius 3 is 2.54 bits per heavy atom. The van der Waals surface area contributed by atoms with E-state index in [0.717, 1.165) is 19.8 Å². The molecule has 4 rings (SSSR count). The summed E-state index contributed by atoms with van der Waals surface area (Å²) in [5.41, 5.74) is -0.533. The second-order valence-corrected chi connectivity index (χ2v) is 7.55. The van der Waals surface area contributed by atoms with Crippen molar-refractivity contribution in [2.24, 2.45) is 17.8 Å². The van der Waals surface area contributed by atoms with E-state index in [2.05, 4.69) is 11.0 Å². The fourth-order valence-corrected chi connectivity index (χ4v) is 4.79. The minimum Gasteiger partial charge on any atom is -0.381 e. The fourth-order valence-electron chi connectivity index (χ4n) is 4.79. The number of nitrogens with zero attached hydrogens (tertiary/aromatic N) is 4. The zero-order valence-electron chi connectivity index (χ0n) is 14.1. The summed E-state index contributed by atoms with van der Waals surface area (Å²) in [6, 6.07) is 2.09. The van der Waals surface area contributed by atoms with Gasteiger partial charge in [-0.2, -0.15) is 5.26 Å². The number of amides is 2. The largest absolute Gasteiger partial charge is 0.381 e. The molecule has 7 nitrogen and oxygen atoms in total. The molecule has 0 bridgehead atoms. The van der Waals surface area contributed by atoms with Gasteiger partial charge in [-0.1, -0.05) is 0 Å². The highest BCUT2D eigenvalue weighted by Gasteiger charge is 2.59. The number of likely N-dealkylation sites (tertiary alicyclic amines) is 1. The molecule has 0 radical (unpaired) electrons. The Morgan fingerprint density at radius 2 is 1.92 bits per heavy atom. The summed E-state index contributed by atoms with van der Waals surface area (Å²) in [6.45, 7) is 4.26. The molecule has 4 fully saturated rings. The Balaban J connectivity index is 1.41. The molecule has 1 spiro atoms. The predicted molar refractivity (Wildman–Crippen MR) is 84.7 cm³/mol. The van der Waals surface area contributed by atoms with E-state index in [1.165, 1.54) is 0 Å². The molecule has 2 amide bonds. The molecule has 1 aliphatic carbocycles. The number of likely N-dealkylation sites (N-methyl/N-ethyl adjacent to an activating group) is 1. The topological polar surface area (TPSA) is 76.9 Å². The molecule has 4 aliphatic rings. The van der Waals surface area contributed by atoms with Crippen molar-refractivity contribution in [3.8, 4) is 6.07 Å². The number of nitriles is 1. The number of fused-ring (bicyclic) bond motifs is 1. The van der Waals surface area contributed by atoms with Crippen LogP contribution in [0.3, 0.4) is 0 Å². The highest BCUT2D eigenvalue weighted by atomic mass is 16.5. The predicted octanol–water partition coefficient (Wildman–Crippen LogP) is -0.462. The van der Waals surface area contributed by atoms with Crippen molar-refractivity contribution >= 4 is 11.8 Å². The van der Waals surface area contributed by atoms with E-state index in [0.29, 0.717) is 44.3 Å². The van der Waals surface area contributed by atoms with Crippen LogP contribution in [0.1, 0.15) is 12.8 Å². The second kappa shape index (κ2) is 5.71. The van der Waals surface area contributed by atoms with Crippen LogP contribution in [0, 0.1) is 29.1 Å². The number of carbonyl (C=O) groups is 2. The zero-order chi connectivity index (χ0) is 16.9. The van der Waals surface area contributed by atoms with Crippen molar-refractivity contribution in [3.63, 3.8) is 0 Å². The van der Waals surface area contributed by atoms with Crippen LogP contribution in [-0.4, -0.2) is 85.0 Å². The number of piperidine rings is 1. The lowest BCUT2D eigenvalue weighted by Gasteiger charge is -2.51. The highest BCUT2D eigenvalue weighted by Crippen LogP contribution is 2.52. The van der Waals surface area contributed by atoms with E-state index in [1.54, 1.807) is 4.90 Å². The number of carbonyl (C=O) groups excluding carboxylic acids is 2. The van der Waals surface area contributed by atoms with Crippen LogP contribution >= 0.6 is 0 Å². The van der Waals surface area contributed by atoms with Crippen molar-refractivity contribution in [2.75, 3.05) is 53.0 Å². The third-order valence-corrected chi connectivity index (χ3v) is 6.52. The first-order valence-corrected chi connectivity index (χ1v) is 8.82. The first-order valence-electron chi connectivity index (χ1n) is 8.82. The van der Waals surface area contributed by atoms with E-state index < -0.39 is 5.54 Å². The second-order valence-electron chi connectivity index (χ2n) is 7.55. The van der Waals surface area contributed by atoms with Crippen molar-refractivity contribution in [1.82, 2.24) is 14.7 Å². The summed E-state index contributed by atoms with van der Waals surface area (Å²) in [6.07, 6.45) is 1.32. The third kappa shape index (κ3) is 2.24. The van der Waals surface area contributed by atoms with Crippen LogP contribution in [0.5, 0.6) is 0 Å². The van der Waals surface area contributed by atoms with E-state index in [9.17, 15) is 9.59 Å². The molecule has 7 heteroatoms. The standard InChI is InChI=1S/C17H24N4O3/c1-19-8-9-21(7-4-18)16(23)17(19)2-5-20(6-3-17)15(22)14-12-10-24-11-13(12)14/h12-14H,2-3,5-11H2,1H3/t12-,13+,14?. The summed E-state index contributed by atoms with van der Waals surface area (Å²) in [7, 11) is 1.99. The van der Waals surface area contributed by atoms with Crippen molar-refractivity contribution in [2.45, 2.75) is 18.4 Å². The highest BCUT2D eigenvalue weighted by molar-refractivity contribution is 5.88.